The van der Waals surface area contributed by atoms with E-state index < -0.39 is 12.1 Å². The summed E-state index contributed by atoms with van der Waals surface area (Å²) in [5.41, 5.74) is 0. The largest absolute Gasteiger partial charge is 0.466 e. The second-order valence-corrected chi connectivity index (χ2v) is 18.6. The van der Waals surface area contributed by atoms with E-state index in [0.717, 1.165) is 57.8 Å². The molecular formula is C55H105NO5. The van der Waals surface area contributed by atoms with Crippen LogP contribution in [-0.4, -0.2) is 47.4 Å². The zero-order valence-electron chi connectivity index (χ0n) is 40.9. The zero-order chi connectivity index (χ0) is 44.4. The van der Waals surface area contributed by atoms with Crippen LogP contribution in [0.4, 0.5) is 0 Å². The van der Waals surface area contributed by atoms with Crippen molar-refractivity contribution in [2.45, 2.75) is 302 Å². The molecule has 0 spiro atoms. The molecule has 0 radical (unpaired) electrons. The smallest absolute Gasteiger partial charge is 0.305 e. The Morgan fingerprint density at radius 2 is 0.770 bits per heavy atom. The molecule has 0 aromatic rings. The van der Waals surface area contributed by atoms with Crippen molar-refractivity contribution in [2.75, 3.05) is 13.2 Å². The topological polar surface area (TPSA) is 95.9 Å². The summed E-state index contributed by atoms with van der Waals surface area (Å²) in [5.74, 6) is -0.0857. The summed E-state index contributed by atoms with van der Waals surface area (Å²) in [6.45, 7) is 4.87. The van der Waals surface area contributed by atoms with E-state index >= 15 is 0 Å². The van der Waals surface area contributed by atoms with E-state index in [1.807, 2.05) is 6.08 Å². The molecule has 6 heteroatoms. The highest BCUT2D eigenvalue weighted by molar-refractivity contribution is 5.76. The highest BCUT2D eigenvalue weighted by Crippen LogP contribution is 2.16. The van der Waals surface area contributed by atoms with Crippen LogP contribution in [0, 0.1) is 0 Å². The average Bonchev–Trinajstić information content (AvgIpc) is 3.26. The molecule has 0 saturated carbocycles. The lowest BCUT2D eigenvalue weighted by atomic mass is 10.0. The van der Waals surface area contributed by atoms with E-state index in [1.54, 1.807) is 6.08 Å². The molecular weight excluding hydrogens is 755 g/mol. The van der Waals surface area contributed by atoms with Gasteiger partial charge in [0.1, 0.15) is 0 Å². The molecule has 1 amide bonds. The van der Waals surface area contributed by atoms with Gasteiger partial charge in [-0.1, -0.05) is 244 Å². The van der Waals surface area contributed by atoms with Crippen molar-refractivity contribution in [1.29, 1.82) is 0 Å². The van der Waals surface area contributed by atoms with Crippen molar-refractivity contribution in [3.8, 4) is 0 Å². The Labute approximate surface area is 380 Å². The lowest BCUT2D eigenvalue weighted by molar-refractivity contribution is -0.143. The fourth-order valence-electron chi connectivity index (χ4n) is 8.27. The first-order chi connectivity index (χ1) is 30.0. The third kappa shape index (κ3) is 47.7. The minimum Gasteiger partial charge on any atom is -0.466 e. The van der Waals surface area contributed by atoms with Gasteiger partial charge in [0.2, 0.25) is 5.91 Å². The van der Waals surface area contributed by atoms with E-state index in [4.69, 9.17) is 4.74 Å². The molecule has 2 atom stereocenters. The standard InChI is InChI=1S/C55H105NO5/c1-3-5-7-9-11-13-15-17-18-19-20-21-25-29-33-37-41-45-49-55(60)61-50-46-42-38-34-30-26-23-22-24-28-32-36-40-44-48-54(59)56-52(51-57)53(58)47-43-39-35-31-27-16-14-12-10-8-6-4-2/h18-19,43,47,52-53,57-58H,3-17,20-42,44-46,48-51H2,1-2H3,(H,56,59)/b19-18-,47-43+. The maximum absolute atomic E-state index is 12.4. The molecule has 0 aromatic heterocycles. The van der Waals surface area contributed by atoms with Crippen molar-refractivity contribution in [3.05, 3.63) is 24.3 Å². The van der Waals surface area contributed by atoms with Crippen molar-refractivity contribution in [1.82, 2.24) is 5.32 Å². The summed E-state index contributed by atoms with van der Waals surface area (Å²) in [7, 11) is 0. The highest BCUT2D eigenvalue weighted by atomic mass is 16.5. The number of amides is 1. The molecule has 0 aliphatic heterocycles. The van der Waals surface area contributed by atoms with Gasteiger partial charge in [0.25, 0.3) is 0 Å². The second-order valence-electron chi connectivity index (χ2n) is 18.6. The summed E-state index contributed by atoms with van der Waals surface area (Å²) >= 11 is 0. The van der Waals surface area contributed by atoms with Crippen LogP contribution < -0.4 is 5.32 Å². The number of aliphatic hydroxyl groups excluding tert-OH is 2. The Kier molecular flexibility index (Phi) is 49.6. The molecule has 0 fully saturated rings. The predicted octanol–water partition coefficient (Wildman–Crippen LogP) is 16.3. The van der Waals surface area contributed by atoms with E-state index in [9.17, 15) is 19.8 Å². The van der Waals surface area contributed by atoms with Gasteiger partial charge < -0.3 is 20.3 Å². The number of hydrogen-bond donors (Lipinski definition) is 3. The highest BCUT2D eigenvalue weighted by Gasteiger charge is 2.18. The van der Waals surface area contributed by atoms with Crippen molar-refractivity contribution in [3.63, 3.8) is 0 Å². The number of esters is 1. The fraction of sp³-hybridized carbons (Fsp3) is 0.891. The van der Waals surface area contributed by atoms with Crippen LogP contribution in [0.1, 0.15) is 290 Å². The van der Waals surface area contributed by atoms with Crippen LogP contribution in [-0.2, 0) is 14.3 Å². The molecule has 2 unspecified atom stereocenters. The van der Waals surface area contributed by atoms with Gasteiger partial charge in [0.15, 0.2) is 0 Å². The van der Waals surface area contributed by atoms with Gasteiger partial charge in [-0.05, 0) is 57.8 Å². The predicted molar refractivity (Wildman–Crippen MR) is 264 cm³/mol. The third-order valence-electron chi connectivity index (χ3n) is 12.5. The molecule has 3 N–H and O–H groups in total. The number of unbranched alkanes of at least 4 members (excludes halogenated alkanes) is 37. The molecule has 0 aliphatic rings. The number of hydrogen-bond acceptors (Lipinski definition) is 5. The van der Waals surface area contributed by atoms with Gasteiger partial charge in [0.05, 0.1) is 25.4 Å². The Balaban J connectivity index is 3.44. The second kappa shape index (κ2) is 51.0. The lowest BCUT2D eigenvalue weighted by Gasteiger charge is -2.20. The van der Waals surface area contributed by atoms with Gasteiger partial charge in [-0.15, -0.1) is 0 Å². The van der Waals surface area contributed by atoms with Crippen molar-refractivity contribution in [2.24, 2.45) is 0 Å². The fourth-order valence-corrected chi connectivity index (χ4v) is 8.27. The molecule has 0 bridgehead atoms. The summed E-state index contributed by atoms with van der Waals surface area (Å²) in [6.07, 6.45) is 60.4. The Morgan fingerprint density at radius 3 is 1.16 bits per heavy atom. The number of nitrogens with one attached hydrogen (secondary N) is 1. The molecule has 360 valence electrons. The molecule has 0 rings (SSSR count). The van der Waals surface area contributed by atoms with Crippen molar-refractivity contribution < 1.29 is 24.5 Å². The van der Waals surface area contributed by atoms with Gasteiger partial charge in [-0.3, -0.25) is 9.59 Å². The van der Waals surface area contributed by atoms with E-state index in [0.29, 0.717) is 19.4 Å². The molecule has 61 heavy (non-hydrogen) atoms. The number of carbonyl (C=O) groups excluding carboxylic acids is 2. The number of allylic oxidation sites excluding steroid dienone is 3. The molecule has 0 aromatic carbocycles. The number of aliphatic hydroxyl groups is 2. The normalized spacial score (nSPS) is 12.8. The summed E-state index contributed by atoms with van der Waals surface area (Å²) in [5, 5.41) is 23.0. The van der Waals surface area contributed by atoms with E-state index in [2.05, 4.69) is 31.3 Å². The van der Waals surface area contributed by atoms with Gasteiger partial charge in [-0.2, -0.15) is 0 Å². The first kappa shape index (κ1) is 59.3. The zero-order valence-corrected chi connectivity index (χ0v) is 40.9. The first-order valence-corrected chi connectivity index (χ1v) is 27.1. The van der Waals surface area contributed by atoms with Crippen molar-refractivity contribution >= 4 is 11.9 Å². The third-order valence-corrected chi connectivity index (χ3v) is 12.5. The van der Waals surface area contributed by atoms with Crippen LogP contribution in [0.3, 0.4) is 0 Å². The maximum atomic E-state index is 12.4. The van der Waals surface area contributed by atoms with Gasteiger partial charge in [0, 0.05) is 12.8 Å². The number of rotatable bonds is 50. The van der Waals surface area contributed by atoms with Gasteiger partial charge >= 0.3 is 5.97 Å². The van der Waals surface area contributed by atoms with E-state index in [1.165, 1.54) is 205 Å². The van der Waals surface area contributed by atoms with Crippen LogP contribution in [0.2, 0.25) is 0 Å². The minimum atomic E-state index is -0.850. The minimum absolute atomic E-state index is 0.00655. The Morgan fingerprint density at radius 1 is 0.443 bits per heavy atom. The summed E-state index contributed by atoms with van der Waals surface area (Å²) in [6, 6.07) is -0.634. The Hall–Kier alpha value is -1.66. The quantitative estimate of drug-likeness (QED) is 0.0322. The summed E-state index contributed by atoms with van der Waals surface area (Å²) in [4.78, 5) is 24.5. The maximum Gasteiger partial charge on any atom is 0.305 e. The summed E-state index contributed by atoms with van der Waals surface area (Å²) < 4.78 is 5.48. The molecule has 0 heterocycles. The number of ether oxygens (including phenoxy) is 1. The van der Waals surface area contributed by atoms with Crippen LogP contribution in [0.15, 0.2) is 24.3 Å². The van der Waals surface area contributed by atoms with Crippen LogP contribution in [0.25, 0.3) is 0 Å². The molecule has 6 nitrogen and oxygen atoms in total. The average molecular weight is 860 g/mol. The molecule has 0 saturated heterocycles. The number of carbonyl (C=O) groups is 2. The SMILES string of the molecule is CCCCCCCCC/C=C\CCCCCCCCCC(=O)OCCCCCCCCCCCCCCCCC(=O)NC(CO)C(O)/C=C/CCCCCCCCCCCC. The van der Waals surface area contributed by atoms with Crippen LogP contribution in [0.5, 0.6) is 0 Å². The monoisotopic (exact) mass is 860 g/mol. The first-order valence-electron chi connectivity index (χ1n) is 27.1. The lowest BCUT2D eigenvalue weighted by Crippen LogP contribution is -2.45. The van der Waals surface area contributed by atoms with E-state index in [-0.39, 0.29) is 18.5 Å². The Bertz CT molecular complexity index is 951. The van der Waals surface area contributed by atoms with Gasteiger partial charge in [-0.25, -0.2) is 0 Å². The van der Waals surface area contributed by atoms with Crippen LogP contribution >= 0.6 is 0 Å². The molecule has 0 aliphatic carbocycles.